The van der Waals surface area contributed by atoms with Gasteiger partial charge in [0.2, 0.25) is 11.9 Å². The van der Waals surface area contributed by atoms with Crippen LogP contribution in [0.1, 0.15) is 15.5 Å². The summed E-state index contributed by atoms with van der Waals surface area (Å²) in [5.41, 5.74) is 5.22. The quantitative estimate of drug-likeness (QED) is 0.440. The summed E-state index contributed by atoms with van der Waals surface area (Å²) in [6.45, 7) is 2.81. The first-order valence-electron chi connectivity index (χ1n) is 8.45. The molecular weight excluding hydrogens is 388 g/mol. The van der Waals surface area contributed by atoms with Crippen molar-refractivity contribution in [2.75, 3.05) is 43.0 Å². The Balaban J connectivity index is 1.68. The number of hydrogen-bond donors (Lipinski definition) is 4. The molecule has 2 aromatic heterocycles. The van der Waals surface area contributed by atoms with Gasteiger partial charge < -0.3 is 25.7 Å². The first kappa shape index (κ1) is 19.9. The van der Waals surface area contributed by atoms with Crippen molar-refractivity contribution in [2.45, 2.75) is 13.0 Å². The maximum atomic E-state index is 11.9. The van der Waals surface area contributed by atoms with Gasteiger partial charge in [0, 0.05) is 26.2 Å². The number of carbonyl (C=O) groups is 2. The molecule has 12 nitrogen and oxygen atoms in total. The Morgan fingerprint density at radius 2 is 2.00 bits per heavy atom. The summed E-state index contributed by atoms with van der Waals surface area (Å²) in [5, 5.41) is 21.8. The molecule has 1 atom stereocenters. The van der Waals surface area contributed by atoms with Crippen molar-refractivity contribution in [3.63, 3.8) is 0 Å². The number of nitrogens with one attached hydrogen (secondary N) is 1. The van der Waals surface area contributed by atoms with Gasteiger partial charge in [-0.3, -0.25) is 14.9 Å². The molecule has 1 saturated heterocycles. The molecule has 3 heterocycles. The fourth-order valence-corrected chi connectivity index (χ4v) is 3.28. The van der Waals surface area contributed by atoms with Gasteiger partial charge in [0.15, 0.2) is 11.2 Å². The summed E-state index contributed by atoms with van der Waals surface area (Å²) in [7, 11) is 0. The molecule has 150 valence electrons. The van der Waals surface area contributed by atoms with Crippen molar-refractivity contribution in [3.05, 3.63) is 16.9 Å². The molecule has 0 aliphatic carbocycles. The fraction of sp³-hybridized carbons (Fsp3) is 0.467. The molecule has 28 heavy (non-hydrogen) atoms. The van der Waals surface area contributed by atoms with Gasteiger partial charge in [0.25, 0.3) is 11.8 Å². The average molecular weight is 408 g/mol. The van der Waals surface area contributed by atoms with Gasteiger partial charge in [-0.25, -0.2) is 4.98 Å². The van der Waals surface area contributed by atoms with E-state index in [1.54, 1.807) is 6.92 Å². The molecule has 13 heteroatoms. The minimum atomic E-state index is -1.40. The lowest BCUT2D eigenvalue weighted by Crippen LogP contribution is -2.52. The molecule has 0 bridgehead atoms. The number of piperazine rings is 1. The highest BCUT2D eigenvalue weighted by molar-refractivity contribution is 7.17. The highest BCUT2D eigenvalue weighted by Gasteiger charge is 2.27. The Bertz CT molecular complexity index is 867. The van der Waals surface area contributed by atoms with E-state index in [2.05, 4.69) is 25.3 Å². The molecule has 1 fully saturated rings. The van der Waals surface area contributed by atoms with E-state index in [-0.39, 0.29) is 5.95 Å². The number of amides is 2. The number of rotatable bonds is 6. The van der Waals surface area contributed by atoms with E-state index in [0.717, 1.165) is 11.3 Å². The third-order valence-corrected chi connectivity index (χ3v) is 4.96. The number of hydrogen-bond acceptors (Lipinski definition) is 11. The van der Waals surface area contributed by atoms with E-state index < -0.39 is 24.5 Å². The zero-order chi connectivity index (χ0) is 20.3. The maximum Gasteiger partial charge on any atom is 0.260 e. The normalized spacial score (nSPS) is 15.4. The van der Waals surface area contributed by atoms with E-state index in [0.29, 0.717) is 48.0 Å². The highest BCUT2D eigenvalue weighted by Crippen LogP contribution is 2.22. The van der Waals surface area contributed by atoms with Gasteiger partial charge in [-0.05, 0) is 6.92 Å². The van der Waals surface area contributed by atoms with Gasteiger partial charge in [-0.15, -0.1) is 0 Å². The number of aliphatic hydroxyl groups is 2. The van der Waals surface area contributed by atoms with Crippen LogP contribution in [0.5, 0.6) is 0 Å². The average Bonchev–Trinajstić information content (AvgIpc) is 3.15. The fourth-order valence-electron chi connectivity index (χ4n) is 2.62. The monoisotopic (exact) mass is 408 g/mol. The van der Waals surface area contributed by atoms with E-state index in [1.165, 1.54) is 11.1 Å². The predicted octanol–water partition coefficient (Wildman–Crippen LogP) is -1.52. The van der Waals surface area contributed by atoms with Crippen LogP contribution in [0.3, 0.4) is 0 Å². The van der Waals surface area contributed by atoms with Crippen molar-refractivity contribution in [1.29, 1.82) is 0 Å². The van der Waals surface area contributed by atoms with E-state index in [1.807, 2.05) is 4.90 Å². The summed E-state index contributed by atoms with van der Waals surface area (Å²) >= 11 is 1.09. The lowest BCUT2D eigenvalue weighted by atomic mass is 10.2. The van der Waals surface area contributed by atoms with Crippen LogP contribution in [0.4, 0.5) is 17.0 Å². The molecule has 5 N–H and O–H groups in total. The van der Waals surface area contributed by atoms with Gasteiger partial charge in [0.05, 0.1) is 12.8 Å². The number of primary amides is 1. The molecule has 0 spiro atoms. The topological polar surface area (TPSA) is 171 Å². The van der Waals surface area contributed by atoms with E-state index in [9.17, 15) is 14.7 Å². The SMILES string of the molecule is Cc1nc(Nc2ncc(C(N)=O)s2)nc(N2CCN(C(=O)C(O)CO)CC2)n1. The number of nitrogens with zero attached hydrogens (tertiary/aromatic N) is 6. The minimum Gasteiger partial charge on any atom is -0.393 e. The van der Waals surface area contributed by atoms with Crippen molar-refractivity contribution in [2.24, 2.45) is 5.73 Å². The van der Waals surface area contributed by atoms with Crippen LogP contribution in [0.25, 0.3) is 0 Å². The van der Waals surface area contributed by atoms with Crippen molar-refractivity contribution < 1.29 is 19.8 Å². The molecule has 2 amide bonds. The first-order valence-corrected chi connectivity index (χ1v) is 9.27. The molecule has 0 radical (unpaired) electrons. The van der Waals surface area contributed by atoms with E-state index in [4.69, 9.17) is 10.8 Å². The second kappa shape index (κ2) is 8.41. The van der Waals surface area contributed by atoms with Gasteiger partial charge in [-0.2, -0.15) is 15.0 Å². The van der Waals surface area contributed by atoms with Crippen LogP contribution in [0, 0.1) is 6.92 Å². The Morgan fingerprint density at radius 1 is 1.29 bits per heavy atom. The molecule has 3 rings (SSSR count). The van der Waals surface area contributed by atoms with E-state index >= 15 is 0 Å². The second-order valence-corrected chi connectivity index (χ2v) is 7.07. The summed E-state index contributed by atoms with van der Waals surface area (Å²) in [4.78, 5) is 43.8. The summed E-state index contributed by atoms with van der Waals surface area (Å²) in [6, 6.07) is 0. The van der Waals surface area contributed by atoms with Gasteiger partial charge in [0.1, 0.15) is 10.7 Å². The van der Waals surface area contributed by atoms with Gasteiger partial charge >= 0.3 is 0 Å². The smallest absolute Gasteiger partial charge is 0.260 e. The molecular formula is C15H20N8O4S. The number of anilines is 3. The number of aryl methyl sites for hydroxylation is 1. The largest absolute Gasteiger partial charge is 0.393 e. The molecule has 1 aliphatic rings. The number of aliphatic hydroxyl groups excluding tert-OH is 2. The Hall–Kier alpha value is -2.90. The molecule has 0 saturated carbocycles. The molecule has 1 aliphatic heterocycles. The second-order valence-electron chi connectivity index (χ2n) is 6.04. The van der Waals surface area contributed by atoms with Crippen LogP contribution in [0.2, 0.25) is 0 Å². The Kier molecular flexibility index (Phi) is 5.96. The first-order chi connectivity index (χ1) is 13.4. The van der Waals surface area contributed by atoms with Crippen LogP contribution in [-0.4, -0.2) is 85.8 Å². The third-order valence-electron chi connectivity index (χ3n) is 4.03. The number of carbonyl (C=O) groups excluding carboxylic acids is 2. The van der Waals surface area contributed by atoms with Crippen LogP contribution in [0.15, 0.2) is 6.20 Å². The molecule has 1 unspecified atom stereocenters. The zero-order valence-corrected chi connectivity index (χ0v) is 15.9. The standard InChI is InChI=1S/C15H20N8O4S/c1-8-18-13(21-15-17-6-10(28-15)11(16)26)20-14(19-8)23-4-2-22(3-5-23)12(27)9(25)7-24/h6,9,24-25H,2-5,7H2,1H3,(H2,16,26)(H,17,18,19,20,21). The predicted molar refractivity (Wildman–Crippen MR) is 100 cm³/mol. The van der Waals surface area contributed by atoms with Crippen molar-refractivity contribution in [1.82, 2.24) is 24.8 Å². The van der Waals surface area contributed by atoms with Crippen LogP contribution < -0.4 is 16.0 Å². The third kappa shape index (κ3) is 4.49. The Morgan fingerprint density at radius 3 is 2.61 bits per heavy atom. The zero-order valence-electron chi connectivity index (χ0n) is 15.1. The lowest BCUT2D eigenvalue weighted by molar-refractivity contribution is -0.142. The number of aromatic nitrogens is 4. The van der Waals surface area contributed by atoms with Gasteiger partial charge in [-0.1, -0.05) is 11.3 Å². The molecule has 2 aromatic rings. The van der Waals surface area contributed by atoms with Crippen LogP contribution >= 0.6 is 11.3 Å². The summed E-state index contributed by atoms with van der Waals surface area (Å²) < 4.78 is 0. The number of nitrogens with two attached hydrogens (primary N) is 1. The maximum absolute atomic E-state index is 11.9. The highest BCUT2D eigenvalue weighted by atomic mass is 32.1. The summed E-state index contributed by atoms with van der Waals surface area (Å²) in [5.74, 6) is 0.161. The summed E-state index contributed by atoms with van der Waals surface area (Å²) in [6.07, 6.45) is -0.0215. The van der Waals surface area contributed by atoms with Crippen molar-refractivity contribution in [3.8, 4) is 0 Å². The Labute approximate surface area is 164 Å². The lowest BCUT2D eigenvalue weighted by Gasteiger charge is -2.35. The minimum absolute atomic E-state index is 0.280. The number of thiazole rings is 1. The molecule has 0 aromatic carbocycles. The van der Waals surface area contributed by atoms with Crippen LogP contribution in [-0.2, 0) is 4.79 Å². The van der Waals surface area contributed by atoms with Crippen molar-refractivity contribution >= 4 is 40.2 Å².